The smallest absolute Gasteiger partial charge is 0.305 e. The Bertz CT molecular complexity index is 826. The molecule has 3 fully saturated rings. The Morgan fingerprint density at radius 1 is 1.11 bits per heavy atom. The van der Waals surface area contributed by atoms with Gasteiger partial charge < -0.3 is 9.16 Å². The van der Waals surface area contributed by atoms with Crippen LogP contribution >= 0.6 is 0 Å². The lowest BCUT2D eigenvalue weighted by Gasteiger charge is -2.59. The Morgan fingerprint density at radius 2 is 1.83 bits per heavy atom. The number of fused-ring (bicyclic) bond motifs is 5. The van der Waals surface area contributed by atoms with E-state index in [1.54, 1.807) is 5.57 Å². The Balaban J connectivity index is 1.47. The summed E-state index contributed by atoms with van der Waals surface area (Å²) in [5.74, 6) is 3.85. The van der Waals surface area contributed by atoms with E-state index in [-0.39, 0.29) is 11.0 Å². The fourth-order valence-electron chi connectivity index (χ4n) is 8.95. The van der Waals surface area contributed by atoms with Crippen molar-refractivity contribution in [2.24, 2.45) is 40.4 Å². The lowest BCUT2D eigenvalue weighted by molar-refractivity contribution is -0.141. The highest BCUT2D eigenvalue weighted by Crippen LogP contribution is 2.67. The molecule has 0 saturated heterocycles. The van der Waals surface area contributed by atoms with Crippen LogP contribution in [-0.2, 0) is 14.0 Å². The van der Waals surface area contributed by atoms with Crippen molar-refractivity contribution in [3.8, 4) is 0 Å². The maximum atomic E-state index is 11.8. The molecule has 0 heterocycles. The van der Waals surface area contributed by atoms with E-state index in [1.807, 2.05) is 0 Å². The van der Waals surface area contributed by atoms with E-state index < -0.39 is 8.32 Å². The first-order valence-electron chi connectivity index (χ1n) is 14.7. The molecule has 0 radical (unpaired) electrons. The molecule has 3 nitrogen and oxygen atoms in total. The molecular weight excluding hydrogens is 448 g/mol. The van der Waals surface area contributed by atoms with Crippen LogP contribution in [-0.4, -0.2) is 27.5 Å². The van der Waals surface area contributed by atoms with Crippen molar-refractivity contribution in [2.75, 3.05) is 7.11 Å². The first kappa shape index (κ1) is 27.4. The standard InChI is InChI=1S/C31H54O3Si/c1-21(10-15-28(32)33-7)25-13-14-26-24-12-11-22-20-23(34-35(8,9)29(2,3)4)16-18-30(22,5)27(24)17-19-31(25,26)6/h11,21,23-27H,10,12-20H2,1-9H3. The van der Waals surface area contributed by atoms with Crippen molar-refractivity contribution < 1.29 is 14.0 Å². The first-order valence-corrected chi connectivity index (χ1v) is 17.6. The predicted octanol–water partition coefficient (Wildman–Crippen LogP) is 8.55. The zero-order valence-corrected chi connectivity index (χ0v) is 25.3. The number of rotatable bonds is 6. The summed E-state index contributed by atoms with van der Waals surface area (Å²) in [5.41, 5.74) is 2.56. The van der Waals surface area contributed by atoms with Crippen LogP contribution in [0.4, 0.5) is 0 Å². The van der Waals surface area contributed by atoms with Crippen molar-refractivity contribution in [3.63, 3.8) is 0 Å². The predicted molar refractivity (Wildman–Crippen MR) is 148 cm³/mol. The quantitative estimate of drug-likeness (QED) is 0.207. The monoisotopic (exact) mass is 502 g/mol. The minimum atomic E-state index is -1.73. The third-order valence-corrected chi connectivity index (χ3v) is 16.7. The largest absolute Gasteiger partial charge is 0.469 e. The fourth-order valence-corrected chi connectivity index (χ4v) is 10.3. The molecule has 0 aromatic heterocycles. The molecular formula is C31H54O3Si. The average Bonchev–Trinajstić information content (AvgIpc) is 3.13. The molecule has 4 aliphatic rings. The van der Waals surface area contributed by atoms with Gasteiger partial charge in [-0.25, -0.2) is 0 Å². The molecule has 0 spiro atoms. The van der Waals surface area contributed by atoms with Crippen LogP contribution in [0.25, 0.3) is 0 Å². The number of ether oxygens (including phenoxy) is 1. The molecule has 8 unspecified atom stereocenters. The number of hydrogen-bond donors (Lipinski definition) is 0. The van der Waals surface area contributed by atoms with E-state index in [1.165, 1.54) is 58.5 Å². The van der Waals surface area contributed by atoms with Crippen LogP contribution in [0, 0.1) is 40.4 Å². The van der Waals surface area contributed by atoms with E-state index >= 15 is 0 Å². The Labute approximate surface area is 217 Å². The van der Waals surface area contributed by atoms with Gasteiger partial charge in [-0.3, -0.25) is 4.79 Å². The van der Waals surface area contributed by atoms with Gasteiger partial charge in [0.25, 0.3) is 0 Å². The van der Waals surface area contributed by atoms with E-state index in [4.69, 9.17) is 9.16 Å². The zero-order chi connectivity index (χ0) is 25.8. The summed E-state index contributed by atoms with van der Waals surface area (Å²) in [7, 11) is -0.213. The van der Waals surface area contributed by atoms with Gasteiger partial charge >= 0.3 is 5.97 Å². The van der Waals surface area contributed by atoms with Crippen LogP contribution in [0.5, 0.6) is 0 Å². The third kappa shape index (κ3) is 4.85. The van der Waals surface area contributed by atoms with Gasteiger partial charge in [-0.05, 0) is 116 Å². The summed E-state index contributed by atoms with van der Waals surface area (Å²) in [4.78, 5) is 11.8. The molecule has 0 aromatic rings. The molecule has 0 bridgehead atoms. The Kier molecular flexibility index (Phi) is 7.52. The van der Waals surface area contributed by atoms with E-state index in [0.717, 1.165) is 30.1 Å². The molecule has 3 saturated carbocycles. The second kappa shape index (κ2) is 9.60. The fraction of sp³-hybridized carbons (Fsp3) is 0.903. The minimum Gasteiger partial charge on any atom is -0.469 e. The van der Waals surface area contributed by atoms with E-state index in [0.29, 0.717) is 29.3 Å². The number of esters is 1. The van der Waals surface area contributed by atoms with Gasteiger partial charge in [0, 0.05) is 12.5 Å². The lowest BCUT2D eigenvalue weighted by atomic mass is 9.47. The maximum absolute atomic E-state index is 11.8. The van der Waals surface area contributed by atoms with Crippen molar-refractivity contribution in [2.45, 2.75) is 130 Å². The van der Waals surface area contributed by atoms with Crippen molar-refractivity contribution in [3.05, 3.63) is 11.6 Å². The maximum Gasteiger partial charge on any atom is 0.305 e. The second-order valence-electron chi connectivity index (χ2n) is 14.8. The number of carbonyl (C=O) groups is 1. The molecule has 200 valence electrons. The second-order valence-corrected chi connectivity index (χ2v) is 19.6. The van der Waals surface area contributed by atoms with Gasteiger partial charge in [0.05, 0.1) is 7.11 Å². The molecule has 0 N–H and O–H groups in total. The molecule has 0 aromatic carbocycles. The number of carbonyl (C=O) groups excluding carboxylic acids is 1. The Hall–Kier alpha value is -0.613. The summed E-state index contributed by atoms with van der Waals surface area (Å²) in [6, 6.07) is 0. The summed E-state index contributed by atoms with van der Waals surface area (Å²) >= 11 is 0. The van der Waals surface area contributed by atoms with Crippen molar-refractivity contribution in [1.29, 1.82) is 0 Å². The van der Waals surface area contributed by atoms with Gasteiger partial charge in [-0.15, -0.1) is 0 Å². The highest BCUT2D eigenvalue weighted by atomic mass is 28.4. The highest BCUT2D eigenvalue weighted by molar-refractivity contribution is 6.74. The van der Waals surface area contributed by atoms with Gasteiger partial charge in [0.2, 0.25) is 0 Å². The highest BCUT2D eigenvalue weighted by Gasteiger charge is 2.59. The van der Waals surface area contributed by atoms with Crippen LogP contribution in [0.15, 0.2) is 11.6 Å². The van der Waals surface area contributed by atoms with Gasteiger partial charge in [0.1, 0.15) is 0 Å². The molecule has 0 amide bonds. The summed E-state index contributed by atoms with van der Waals surface area (Å²) in [6.45, 7) is 19.5. The van der Waals surface area contributed by atoms with Gasteiger partial charge in [-0.2, -0.15) is 0 Å². The third-order valence-electron chi connectivity index (χ3n) is 12.1. The van der Waals surface area contributed by atoms with Crippen LogP contribution in [0.1, 0.15) is 106 Å². The van der Waals surface area contributed by atoms with Crippen LogP contribution in [0.2, 0.25) is 18.1 Å². The number of methoxy groups -OCH3 is 1. The SMILES string of the molecule is COC(=O)CCC(C)C1CCC2C3CC=C4CC(O[Si](C)(C)C(C)(C)C)CCC4(C)C3CCC12C. The van der Waals surface area contributed by atoms with E-state index in [2.05, 4.69) is 60.7 Å². The minimum absolute atomic E-state index is 0.0498. The molecule has 4 aliphatic carbocycles. The van der Waals surface area contributed by atoms with Crippen molar-refractivity contribution >= 4 is 14.3 Å². The normalized spacial score (nSPS) is 40.3. The summed E-state index contributed by atoms with van der Waals surface area (Å²) in [5, 5.41) is 0.278. The van der Waals surface area contributed by atoms with Gasteiger partial charge in [0.15, 0.2) is 8.32 Å². The van der Waals surface area contributed by atoms with Crippen LogP contribution in [0.3, 0.4) is 0 Å². The summed E-state index contributed by atoms with van der Waals surface area (Å²) < 4.78 is 11.8. The number of allylic oxidation sites excluding steroid dienone is 1. The molecule has 8 atom stereocenters. The zero-order valence-electron chi connectivity index (χ0n) is 24.3. The lowest BCUT2D eigenvalue weighted by Crippen LogP contribution is -2.52. The van der Waals surface area contributed by atoms with Gasteiger partial charge in [-0.1, -0.05) is 53.2 Å². The summed E-state index contributed by atoms with van der Waals surface area (Å²) in [6.07, 6.45) is 15.2. The van der Waals surface area contributed by atoms with E-state index in [9.17, 15) is 4.79 Å². The molecule has 0 aliphatic heterocycles. The first-order chi connectivity index (χ1) is 16.2. The van der Waals surface area contributed by atoms with Crippen LogP contribution < -0.4 is 0 Å². The Morgan fingerprint density at radius 3 is 2.49 bits per heavy atom. The average molecular weight is 503 g/mol. The molecule has 4 heteroatoms. The molecule has 35 heavy (non-hydrogen) atoms. The molecule has 4 rings (SSSR count). The number of hydrogen-bond acceptors (Lipinski definition) is 3. The van der Waals surface area contributed by atoms with Crippen molar-refractivity contribution in [1.82, 2.24) is 0 Å². The topological polar surface area (TPSA) is 35.5 Å².